The third-order valence-corrected chi connectivity index (χ3v) is 3.86. The number of rotatable bonds is 7. The number of nitrogens with one attached hydrogen (secondary N) is 1. The molecular formula is C15H25N5. The largest absolute Gasteiger partial charge is 0.363 e. The maximum absolute atomic E-state index is 4.55. The summed E-state index contributed by atoms with van der Waals surface area (Å²) in [6.07, 6.45) is 6.06. The molecule has 0 aliphatic heterocycles. The zero-order chi connectivity index (χ0) is 14.5. The minimum absolute atomic E-state index is 0.430. The zero-order valence-corrected chi connectivity index (χ0v) is 12.9. The van der Waals surface area contributed by atoms with Crippen molar-refractivity contribution >= 4 is 5.82 Å². The summed E-state index contributed by atoms with van der Waals surface area (Å²) in [6, 6.07) is 4.96. The lowest BCUT2D eigenvalue weighted by molar-refractivity contribution is 0.462. The van der Waals surface area contributed by atoms with Gasteiger partial charge < -0.3 is 5.32 Å². The molecule has 0 amide bonds. The quantitative estimate of drug-likeness (QED) is 0.839. The van der Waals surface area contributed by atoms with Crippen molar-refractivity contribution in [2.75, 3.05) is 5.32 Å². The smallest absolute Gasteiger partial charge is 0.148 e. The fourth-order valence-electron chi connectivity index (χ4n) is 2.10. The third-order valence-electron chi connectivity index (χ3n) is 3.86. The maximum Gasteiger partial charge on any atom is 0.148 e. The fraction of sp³-hybridized carbons (Fsp3) is 0.600. The van der Waals surface area contributed by atoms with Gasteiger partial charge in [-0.3, -0.25) is 9.36 Å². The highest BCUT2D eigenvalue weighted by molar-refractivity contribution is 5.33. The minimum Gasteiger partial charge on any atom is -0.363 e. The van der Waals surface area contributed by atoms with Crippen LogP contribution in [0.3, 0.4) is 0 Å². The lowest BCUT2D eigenvalue weighted by atomic mass is 10.2. The lowest BCUT2D eigenvalue weighted by Gasteiger charge is -2.14. The van der Waals surface area contributed by atoms with Gasteiger partial charge in [-0.1, -0.05) is 13.8 Å². The van der Waals surface area contributed by atoms with Crippen molar-refractivity contribution in [2.45, 2.75) is 59.2 Å². The Balaban J connectivity index is 1.99. The minimum atomic E-state index is 0.430. The van der Waals surface area contributed by atoms with Crippen molar-refractivity contribution in [2.24, 2.45) is 0 Å². The first kappa shape index (κ1) is 14.6. The predicted octanol–water partition coefficient (Wildman–Crippen LogP) is 3.63. The predicted molar refractivity (Wildman–Crippen MR) is 81.8 cm³/mol. The average molecular weight is 275 g/mol. The van der Waals surface area contributed by atoms with E-state index in [2.05, 4.69) is 54.0 Å². The molecule has 0 unspecified atom stereocenters. The molecular weight excluding hydrogens is 250 g/mol. The van der Waals surface area contributed by atoms with E-state index in [9.17, 15) is 0 Å². The van der Waals surface area contributed by atoms with Crippen LogP contribution in [-0.4, -0.2) is 19.6 Å². The van der Waals surface area contributed by atoms with Crippen molar-refractivity contribution in [3.63, 3.8) is 0 Å². The first-order valence-electron chi connectivity index (χ1n) is 7.47. The maximum atomic E-state index is 4.55. The van der Waals surface area contributed by atoms with Gasteiger partial charge in [0.15, 0.2) is 0 Å². The van der Waals surface area contributed by atoms with E-state index in [1.165, 1.54) is 5.69 Å². The molecule has 0 saturated carbocycles. The van der Waals surface area contributed by atoms with Gasteiger partial charge in [-0.05, 0) is 32.8 Å². The van der Waals surface area contributed by atoms with E-state index >= 15 is 0 Å². The van der Waals surface area contributed by atoms with E-state index in [0.717, 1.165) is 25.2 Å². The highest BCUT2D eigenvalue weighted by atomic mass is 15.3. The number of hydrogen-bond acceptors (Lipinski definition) is 3. The molecule has 1 N–H and O–H groups in total. The molecule has 2 rings (SSSR count). The molecule has 0 aliphatic rings. The van der Waals surface area contributed by atoms with Crippen LogP contribution in [0.1, 0.15) is 58.3 Å². The Hall–Kier alpha value is -1.78. The van der Waals surface area contributed by atoms with Crippen LogP contribution in [0.2, 0.25) is 0 Å². The van der Waals surface area contributed by atoms with E-state index in [0.29, 0.717) is 12.1 Å². The van der Waals surface area contributed by atoms with Gasteiger partial charge in [-0.25, -0.2) is 0 Å². The van der Waals surface area contributed by atoms with Crippen LogP contribution >= 0.6 is 0 Å². The highest BCUT2D eigenvalue weighted by Crippen LogP contribution is 2.15. The second kappa shape index (κ2) is 6.59. The van der Waals surface area contributed by atoms with Crippen LogP contribution in [0.25, 0.3) is 0 Å². The number of aromatic nitrogens is 4. The third kappa shape index (κ3) is 3.21. The van der Waals surface area contributed by atoms with Crippen molar-refractivity contribution < 1.29 is 0 Å². The summed E-state index contributed by atoms with van der Waals surface area (Å²) in [6.45, 7) is 9.46. The van der Waals surface area contributed by atoms with E-state index in [1.54, 1.807) is 0 Å². The Morgan fingerprint density at radius 2 is 1.90 bits per heavy atom. The highest BCUT2D eigenvalue weighted by Gasteiger charge is 2.09. The van der Waals surface area contributed by atoms with Gasteiger partial charge in [-0.15, -0.1) is 0 Å². The Morgan fingerprint density at radius 3 is 2.60 bits per heavy atom. The molecule has 2 heterocycles. The Morgan fingerprint density at radius 1 is 1.15 bits per heavy atom. The monoisotopic (exact) mass is 275 g/mol. The summed E-state index contributed by atoms with van der Waals surface area (Å²) in [5, 5.41) is 12.3. The van der Waals surface area contributed by atoms with Gasteiger partial charge in [0, 0.05) is 30.5 Å². The number of nitrogens with zero attached hydrogens (tertiary/aromatic N) is 4. The standard InChI is InChI=1S/C15H25N5/c1-5-12(3)19-10-8-15(18-19)16-11-14-7-9-17-20(14)13(4)6-2/h7-10,12-13H,5-6,11H2,1-4H3,(H,16,18)/t12-,13+/m0/s1. The molecule has 2 aromatic heterocycles. The van der Waals surface area contributed by atoms with Crippen LogP contribution in [0.15, 0.2) is 24.5 Å². The van der Waals surface area contributed by atoms with Crippen molar-refractivity contribution in [3.05, 3.63) is 30.2 Å². The van der Waals surface area contributed by atoms with Crippen LogP contribution in [0.4, 0.5) is 5.82 Å². The Bertz CT molecular complexity index is 528. The molecule has 0 aromatic carbocycles. The molecule has 0 spiro atoms. The summed E-state index contributed by atoms with van der Waals surface area (Å²) >= 11 is 0. The topological polar surface area (TPSA) is 47.7 Å². The first-order chi connectivity index (χ1) is 9.65. The fourth-order valence-corrected chi connectivity index (χ4v) is 2.10. The summed E-state index contributed by atoms with van der Waals surface area (Å²) in [5.41, 5.74) is 1.19. The van der Waals surface area contributed by atoms with Gasteiger partial charge in [0.25, 0.3) is 0 Å². The summed E-state index contributed by atoms with van der Waals surface area (Å²) < 4.78 is 4.09. The van der Waals surface area contributed by atoms with Gasteiger partial charge in [0.1, 0.15) is 5.82 Å². The molecule has 20 heavy (non-hydrogen) atoms. The molecule has 0 bridgehead atoms. The molecule has 0 aliphatic carbocycles. The van der Waals surface area contributed by atoms with Crippen LogP contribution in [0, 0.1) is 0 Å². The van der Waals surface area contributed by atoms with Crippen molar-refractivity contribution in [1.29, 1.82) is 0 Å². The summed E-state index contributed by atoms with van der Waals surface area (Å²) in [4.78, 5) is 0. The van der Waals surface area contributed by atoms with E-state index in [1.807, 2.05) is 23.1 Å². The lowest BCUT2D eigenvalue weighted by Crippen LogP contribution is -2.13. The molecule has 110 valence electrons. The van der Waals surface area contributed by atoms with E-state index in [-0.39, 0.29) is 0 Å². The van der Waals surface area contributed by atoms with Crippen LogP contribution < -0.4 is 5.32 Å². The molecule has 0 fully saturated rings. The Labute approximate surface area is 121 Å². The van der Waals surface area contributed by atoms with Gasteiger partial charge in [0.05, 0.1) is 12.2 Å². The van der Waals surface area contributed by atoms with Crippen molar-refractivity contribution in [3.8, 4) is 0 Å². The molecule has 2 aromatic rings. The van der Waals surface area contributed by atoms with Gasteiger partial charge >= 0.3 is 0 Å². The number of hydrogen-bond donors (Lipinski definition) is 1. The van der Waals surface area contributed by atoms with Gasteiger partial charge in [0.2, 0.25) is 0 Å². The average Bonchev–Trinajstić information content (AvgIpc) is 3.12. The van der Waals surface area contributed by atoms with E-state index < -0.39 is 0 Å². The van der Waals surface area contributed by atoms with Crippen LogP contribution in [0.5, 0.6) is 0 Å². The second-order valence-corrected chi connectivity index (χ2v) is 5.32. The molecule has 5 heteroatoms. The van der Waals surface area contributed by atoms with Gasteiger partial charge in [-0.2, -0.15) is 10.2 Å². The number of anilines is 1. The Kier molecular flexibility index (Phi) is 4.82. The second-order valence-electron chi connectivity index (χ2n) is 5.32. The summed E-state index contributed by atoms with van der Waals surface area (Å²) in [5.74, 6) is 0.919. The van der Waals surface area contributed by atoms with Crippen LogP contribution in [-0.2, 0) is 6.54 Å². The first-order valence-corrected chi connectivity index (χ1v) is 7.47. The van der Waals surface area contributed by atoms with E-state index in [4.69, 9.17) is 0 Å². The zero-order valence-electron chi connectivity index (χ0n) is 12.9. The SMILES string of the molecule is CC[C@@H](C)n1nccc1CNc1ccn([C@@H](C)CC)n1. The molecule has 2 atom stereocenters. The molecule has 0 saturated heterocycles. The summed E-state index contributed by atoms with van der Waals surface area (Å²) in [7, 11) is 0. The normalized spacial score (nSPS) is 14.2. The molecule has 0 radical (unpaired) electrons. The molecule has 5 nitrogen and oxygen atoms in total. The van der Waals surface area contributed by atoms with Crippen molar-refractivity contribution in [1.82, 2.24) is 19.6 Å².